The lowest BCUT2D eigenvalue weighted by Gasteiger charge is -2.20. The Hall–Kier alpha value is -3.54. The molecule has 148 valence electrons. The molecule has 0 saturated carbocycles. The van der Waals surface area contributed by atoms with E-state index in [9.17, 15) is 14.0 Å². The number of carbonyl (C=O) groups excluding carboxylic acids is 2. The molecule has 0 radical (unpaired) electrons. The standard InChI is InChI=1S/C23H22FN3O2/c1-2-27(16-18-6-4-3-5-7-18)23(29)21-14-19(12-13-25-21)22(28)26-15-17-8-10-20(24)11-9-17/h3-14H,2,15-16H2,1H3,(H,26,28). The largest absolute Gasteiger partial charge is 0.348 e. The highest BCUT2D eigenvalue weighted by atomic mass is 19.1. The molecule has 0 aliphatic carbocycles. The topological polar surface area (TPSA) is 62.3 Å². The second-order valence-corrected chi connectivity index (χ2v) is 6.54. The van der Waals surface area contributed by atoms with Gasteiger partial charge in [0.25, 0.3) is 11.8 Å². The molecular formula is C23H22FN3O2. The quantitative estimate of drug-likeness (QED) is 0.666. The number of nitrogens with zero attached hydrogens (tertiary/aromatic N) is 2. The van der Waals surface area contributed by atoms with Crippen LogP contribution >= 0.6 is 0 Å². The Kier molecular flexibility index (Phi) is 6.68. The second-order valence-electron chi connectivity index (χ2n) is 6.54. The first-order valence-electron chi connectivity index (χ1n) is 9.38. The first-order chi connectivity index (χ1) is 14.1. The van der Waals surface area contributed by atoms with Gasteiger partial charge in [0.15, 0.2) is 0 Å². The highest BCUT2D eigenvalue weighted by Gasteiger charge is 2.17. The normalized spacial score (nSPS) is 10.4. The number of aromatic nitrogens is 1. The van der Waals surface area contributed by atoms with Gasteiger partial charge in [-0.3, -0.25) is 14.6 Å². The van der Waals surface area contributed by atoms with Crippen molar-refractivity contribution in [2.45, 2.75) is 20.0 Å². The summed E-state index contributed by atoms with van der Waals surface area (Å²) in [6.45, 7) is 3.16. The molecule has 5 nitrogen and oxygen atoms in total. The Bertz CT molecular complexity index is 975. The van der Waals surface area contributed by atoms with Crippen molar-refractivity contribution in [2.24, 2.45) is 0 Å². The summed E-state index contributed by atoms with van der Waals surface area (Å²) in [4.78, 5) is 31.1. The van der Waals surface area contributed by atoms with Crippen LogP contribution in [0.25, 0.3) is 0 Å². The Morgan fingerprint density at radius 2 is 1.72 bits per heavy atom. The highest BCUT2D eigenvalue weighted by Crippen LogP contribution is 2.11. The number of amides is 2. The molecule has 3 aromatic rings. The zero-order valence-electron chi connectivity index (χ0n) is 16.1. The summed E-state index contributed by atoms with van der Waals surface area (Å²) < 4.78 is 13.0. The van der Waals surface area contributed by atoms with Crippen molar-refractivity contribution in [1.29, 1.82) is 0 Å². The van der Waals surface area contributed by atoms with Crippen LogP contribution in [0.5, 0.6) is 0 Å². The number of benzene rings is 2. The van der Waals surface area contributed by atoms with Crippen LogP contribution in [0.1, 0.15) is 38.9 Å². The van der Waals surface area contributed by atoms with Crippen molar-refractivity contribution in [2.75, 3.05) is 6.54 Å². The lowest BCUT2D eigenvalue weighted by Crippen LogP contribution is -2.31. The molecule has 1 heterocycles. The smallest absolute Gasteiger partial charge is 0.272 e. The molecule has 0 fully saturated rings. The summed E-state index contributed by atoms with van der Waals surface area (Å²) in [6, 6.07) is 18.7. The third kappa shape index (κ3) is 5.48. The van der Waals surface area contributed by atoms with Crippen LogP contribution in [-0.2, 0) is 13.1 Å². The van der Waals surface area contributed by atoms with Crippen LogP contribution in [0, 0.1) is 5.82 Å². The SMILES string of the molecule is CCN(Cc1ccccc1)C(=O)c1cc(C(=O)NCc2ccc(F)cc2)ccn1. The van der Waals surface area contributed by atoms with Gasteiger partial charge in [0.05, 0.1) is 0 Å². The van der Waals surface area contributed by atoms with Crippen LogP contribution in [0.3, 0.4) is 0 Å². The number of nitrogens with one attached hydrogen (secondary N) is 1. The van der Waals surface area contributed by atoms with Crippen molar-refractivity contribution in [1.82, 2.24) is 15.2 Å². The van der Waals surface area contributed by atoms with Gasteiger partial charge in [-0.1, -0.05) is 42.5 Å². The molecule has 0 aliphatic heterocycles. The number of pyridine rings is 1. The van der Waals surface area contributed by atoms with Gasteiger partial charge in [0.1, 0.15) is 11.5 Å². The molecule has 1 aromatic heterocycles. The van der Waals surface area contributed by atoms with Crippen LogP contribution in [-0.4, -0.2) is 28.2 Å². The molecule has 0 bridgehead atoms. The van der Waals surface area contributed by atoms with E-state index in [0.29, 0.717) is 18.7 Å². The lowest BCUT2D eigenvalue weighted by atomic mass is 10.1. The molecule has 6 heteroatoms. The molecule has 0 aliphatic rings. The maximum absolute atomic E-state index is 13.0. The highest BCUT2D eigenvalue weighted by molar-refractivity contribution is 5.98. The van der Waals surface area contributed by atoms with Gasteiger partial charge in [-0.05, 0) is 42.3 Å². The third-order valence-corrected chi connectivity index (χ3v) is 4.49. The minimum atomic E-state index is -0.326. The lowest BCUT2D eigenvalue weighted by molar-refractivity contribution is 0.0746. The van der Waals surface area contributed by atoms with Crippen LogP contribution < -0.4 is 5.32 Å². The molecular weight excluding hydrogens is 369 g/mol. The summed E-state index contributed by atoms with van der Waals surface area (Å²) >= 11 is 0. The van der Waals surface area contributed by atoms with Gasteiger partial charge in [-0.15, -0.1) is 0 Å². The predicted octanol–water partition coefficient (Wildman–Crippen LogP) is 3.81. The average molecular weight is 391 g/mol. The molecule has 29 heavy (non-hydrogen) atoms. The van der Waals surface area contributed by atoms with E-state index in [2.05, 4.69) is 10.3 Å². The van der Waals surface area contributed by atoms with E-state index in [1.54, 1.807) is 23.1 Å². The summed E-state index contributed by atoms with van der Waals surface area (Å²) in [6.07, 6.45) is 1.45. The van der Waals surface area contributed by atoms with E-state index in [1.165, 1.54) is 24.4 Å². The van der Waals surface area contributed by atoms with E-state index in [4.69, 9.17) is 0 Å². The van der Waals surface area contributed by atoms with Crippen LogP contribution in [0.15, 0.2) is 72.9 Å². The Morgan fingerprint density at radius 1 is 1.00 bits per heavy atom. The molecule has 3 rings (SSSR count). The molecule has 2 amide bonds. The molecule has 0 atom stereocenters. The summed E-state index contributed by atoms with van der Waals surface area (Å²) in [5.41, 5.74) is 2.37. The zero-order valence-corrected chi connectivity index (χ0v) is 16.1. The number of hydrogen-bond donors (Lipinski definition) is 1. The first-order valence-corrected chi connectivity index (χ1v) is 9.38. The van der Waals surface area contributed by atoms with Gasteiger partial charge < -0.3 is 10.2 Å². The van der Waals surface area contributed by atoms with Gasteiger partial charge >= 0.3 is 0 Å². The van der Waals surface area contributed by atoms with E-state index in [0.717, 1.165) is 11.1 Å². The van der Waals surface area contributed by atoms with E-state index >= 15 is 0 Å². The monoisotopic (exact) mass is 391 g/mol. The van der Waals surface area contributed by atoms with Gasteiger partial charge in [-0.25, -0.2) is 4.39 Å². The van der Waals surface area contributed by atoms with Crippen molar-refractivity contribution in [3.05, 3.63) is 101 Å². The summed E-state index contributed by atoms with van der Waals surface area (Å²) in [5, 5.41) is 2.77. The van der Waals surface area contributed by atoms with E-state index in [1.807, 2.05) is 37.3 Å². The molecule has 0 unspecified atom stereocenters. The number of rotatable bonds is 7. The van der Waals surface area contributed by atoms with Crippen molar-refractivity contribution in [3.63, 3.8) is 0 Å². The van der Waals surface area contributed by atoms with Gasteiger partial charge in [-0.2, -0.15) is 0 Å². The third-order valence-electron chi connectivity index (χ3n) is 4.49. The number of hydrogen-bond acceptors (Lipinski definition) is 3. The Morgan fingerprint density at radius 3 is 2.41 bits per heavy atom. The fraction of sp³-hybridized carbons (Fsp3) is 0.174. The zero-order chi connectivity index (χ0) is 20.6. The van der Waals surface area contributed by atoms with Gasteiger partial charge in [0.2, 0.25) is 0 Å². The summed E-state index contributed by atoms with van der Waals surface area (Å²) in [7, 11) is 0. The van der Waals surface area contributed by atoms with Gasteiger partial charge in [0, 0.05) is 31.4 Å². The maximum Gasteiger partial charge on any atom is 0.272 e. The molecule has 2 aromatic carbocycles. The predicted molar refractivity (Wildman–Crippen MR) is 109 cm³/mol. The Labute approximate surface area is 169 Å². The first kappa shape index (κ1) is 20.2. The fourth-order valence-corrected chi connectivity index (χ4v) is 2.87. The minimum absolute atomic E-state index is 0.220. The molecule has 0 spiro atoms. The van der Waals surface area contributed by atoms with Crippen molar-refractivity contribution >= 4 is 11.8 Å². The van der Waals surface area contributed by atoms with Crippen molar-refractivity contribution in [3.8, 4) is 0 Å². The minimum Gasteiger partial charge on any atom is -0.348 e. The second kappa shape index (κ2) is 9.59. The van der Waals surface area contributed by atoms with Crippen LogP contribution in [0.4, 0.5) is 4.39 Å². The number of carbonyl (C=O) groups is 2. The average Bonchev–Trinajstić information content (AvgIpc) is 2.77. The Balaban J connectivity index is 1.67. The number of halogens is 1. The maximum atomic E-state index is 13.0. The molecule has 0 saturated heterocycles. The van der Waals surface area contributed by atoms with E-state index < -0.39 is 0 Å². The van der Waals surface area contributed by atoms with Crippen LogP contribution in [0.2, 0.25) is 0 Å². The van der Waals surface area contributed by atoms with Crippen molar-refractivity contribution < 1.29 is 14.0 Å². The fourth-order valence-electron chi connectivity index (χ4n) is 2.87. The summed E-state index contributed by atoms with van der Waals surface area (Å²) in [5.74, 6) is -0.880. The molecule has 1 N–H and O–H groups in total. The van der Waals surface area contributed by atoms with E-state index in [-0.39, 0.29) is 29.9 Å².